The highest BCUT2D eigenvalue weighted by Gasteiger charge is 1.99. The maximum Gasteiger partial charge on any atom is 0.124 e. The van der Waals surface area contributed by atoms with Crippen molar-refractivity contribution in [2.24, 2.45) is 0 Å². The molecule has 0 bridgehead atoms. The lowest BCUT2D eigenvalue weighted by Crippen LogP contribution is -2.21. The summed E-state index contributed by atoms with van der Waals surface area (Å²) in [5.74, 6) is -0.229. The van der Waals surface area contributed by atoms with Gasteiger partial charge in [0.2, 0.25) is 0 Å². The minimum atomic E-state index is -0.229. The quantitative estimate of drug-likeness (QED) is 0.713. The molecule has 0 atom stereocenters. The van der Waals surface area contributed by atoms with Gasteiger partial charge in [-0.1, -0.05) is 13.8 Å². The first-order valence-corrected chi connectivity index (χ1v) is 4.74. The Labute approximate surface area is 83.8 Å². The van der Waals surface area contributed by atoms with Crippen LogP contribution in [0.15, 0.2) is 23.1 Å². The van der Waals surface area contributed by atoms with Crippen molar-refractivity contribution in [3.05, 3.63) is 29.6 Å². The molecule has 0 aliphatic heterocycles. The topological polar surface area (TPSA) is 12.0 Å². The number of benzene rings is 1. The summed E-state index contributed by atoms with van der Waals surface area (Å²) in [7, 11) is 0. The number of nitrogens with one attached hydrogen (secondary N) is 1. The second-order valence-electron chi connectivity index (χ2n) is 3.35. The van der Waals surface area contributed by atoms with Crippen LogP contribution in [0, 0.1) is 5.82 Å². The van der Waals surface area contributed by atoms with Gasteiger partial charge in [0.1, 0.15) is 5.82 Å². The molecule has 0 heterocycles. The van der Waals surface area contributed by atoms with Crippen LogP contribution >= 0.6 is 12.6 Å². The third-order valence-corrected chi connectivity index (χ3v) is 1.91. The maximum absolute atomic E-state index is 12.9. The normalized spacial score (nSPS) is 10.8. The van der Waals surface area contributed by atoms with Crippen LogP contribution in [0.1, 0.15) is 19.4 Å². The van der Waals surface area contributed by atoms with E-state index in [4.69, 9.17) is 0 Å². The molecule has 0 unspecified atom stereocenters. The standard InChI is InChI=1S/C10H14FNS/c1-7(2)12-6-8-3-9(11)5-10(13)4-8/h3-5,7,12-13H,6H2,1-2H3. The first-order chi connectivity index (χ1) is 6.08. The lowest BCUT2D eigenvalue weighted by molar-refractivity contribution is 0.580. The van der Waals surface area contributed by atoms with Gasteiger partial charge in [-0.3, -0.25) is 0 Å². The van der Waals surface area contributed by atoms with Crippen molar-refractivity contribution in [3.8, 4) is 0 Å². The second-order valence-corrected chi connectivity index (χ2v) is 3.87. The van der Waals surface area contributed by atoms with Gasteiger partial charge in [-0.2, -0.15) is 0 Å². The Kier molecular flexibility index (Phi) is 3.75. The van der Waals surface area contributed by atoms with Crippen molar-refractivity contribution in [1.29, 1.82) is 0 Å². The molecule has 1 aromatic carbocycles. The summed E-state index contributed by atoms with van der Waals surface area (Å²) < 4.78 is 12.9. The molecule has 72 valence electrons. The van der Waals surface area contributed by atoms with Crippen molar-refractivity contribution in [1.82, 2.24) is 5.32 Å². The average Bonchev–Trinajstić information content (AvgIpc) is 1.99. The van der Waals surface area contributed by atoms with Gasteiger partial charge in [0.15, 0.2) is 0 Å². The van der Waals surface area contributed by atoms with E-state index < -0.39 is 0 Å². The molecule has 1 nitrogen and oxygen atoms in total. The van der Waals surface area contributed by atoms with E-state index in [1.807, 2.05) is 6.07 Å². The minimum Gasteiger partial charge on any atom is -0.310 e. The molecule has 0 spiro atoms. The summed E-state index contributed by atoms with van der Waals surface area (Å²) in [6.07, 6.45) is 0. The van der Waals surface area contributed by atoms with E-state index in [0.29, 0.717) is 17.5 Å². The number of hydrogen-bond acceptors (Lipinski definition) is 2. The highest BCUT2D eigenvalue weighted by atomic mass is 32.1. The van der Waals surface area contributed by atoms with Crippen molar-refractivity contribution in [2.75, 3.05) is 0 Å². The Morgan fingerprint density at radius 2 is 2.08 bits per heavy atom. The summed E-state index contributed by atoms with van der Waals surface area (Å²) in [6, 6.07) is 5.20. The molecular formula is C10H14FNS. The van der Waals surface area contributed by atoms with E-state index in [1.54, 1.807) is 0 Å². The molecule has 0 saturated heterocycles. The van der Waals surface area contributed by atoms with E-state index in [0.717, 1.165) is 5.56 Å². The first kappa shape index (κ1) is 10.5. The predicted molar refractivity (Wildman–Crippen MR) is 55.6 cm³/mol. The molecule has 0 fully saturated rings. The van der Waals surface area contributed by atoms with E-state index in [2.05, 4.69) is 31.8 Å². The van der Waals surface area contributed by atoms with Gasteiger partial charge >= 0.3 is 0 Å². The third kappa shape index (κ3) is 3.79. The fourth-order valence-electron chi connectivity index (χ4n) is 1.06. The highest BCUT2D eigenvalue weighted by Crippen LogP contribution is 2.12. The van der Waals surface area contributed by atoms with Crippen molar-refractivity contribution >= 4 is 12.6 Å². The summed E-state index contributed by atoms with van der Waals surface area (Å²) in [5, 5.41) is 3.22. The zero-order valence-electron chi connectivity index (χ0n) is 7.84. The van der Waals surface area contributed by atoms with Gasteiger partial charge in [-0.05, 0) is 23.8 Å². The summed E-state index contributed by atoms with van der Waals surface area (Å²) >= 11 is 4.10. The Bertz CT molecular complexity index is 266. The maximum atomic E-state index is 12.9. The SMILES string of the molecule is CC(C)NCc1cc(F)cc(S)c1. The van der Waals surface area contributed by atoms with E-state index in [1.165, 1.54) is 12.1 Å². The predicted octanol–water partition coefficient (Wildman–Crippen LogP) is 2.61. The molecular weight excluding hydrogens is 185 g/mol. The largest absolute Gasteiger partial charge is 0.310 e. The van der Waals surface area contributed by atoms with E-state index in [-0.39, 0.29) is 5.82 Å². The molecule has 0 saturated carbocycles. The van der Waals surface area contributed by atoms with Gasteiger partial charge in [-0.25, -0.2) is 4.39 Å². The van der Waals surface area contributed by atoms with Gasteiger partial charge in [0, 0.05) is 17.5 Å². The molecule has 1 N–H and O–H groups in total. The van der Waals surface area contributed by atoms with E-state index >= 15 is 0 Å². The van der Waals surface area contributed by atoms with Crippen molar-refractivity contribution < 1.29 is 4.39 Å². The molecule has 3 heteroatoms. The molecule has 0 aliphatic carbocycles. The van der Waals surface area contributed by atoms with Crippen LogP contribution in [-0.4, -0.2) is 6.04 Å². The van der Waals surface area contributed by atoms with Gasteiger partial charge in [0.05, 0.1) is 0 Å². The smallest absolute Gasteiger partial charge is 0.124 e. The fraction of sp³-hybridized carbons (Fsp3) is 0.400. The van der Waals surface area contributed by atoms with Crippen LogP contribution in [0.5, 0.6) is 0 Å². The number of halogens is 1. The summed E-state index contributed by atoms with van der Waals surface area (Å²) in [4.78, 5) is 0.667. The monoisotopic (exact) mass is 199 g/mol. The van der Waals surface area contributed by atoms with Gasteiger partial charge in [0.25, 0.3) is 0 Å². The molecule has 0 aromatic heterocycles. The van der Waals surface area contributed by atoms with Gasteiger partial charge in [-0.15, -0.1) is 12.6 Å². The molecule has 1 rings (SSSR count). The summed E-state index contributed by atoms with van der Waals surface area (Å²) in [5.41, 5.74) is 0.929. The van der Waals surface area contributed by atoms with Crippen molar-refractivity contribution in [2.45, 2.75) is 31.3 Å². The molecule has 0 amide bonds. The van der Waals surface area contributed by atoms with Crippen LogP contribution in [0.3, 0.4) is 0 Å². The van der Waals surface area contributed by atoms with Crippen LogP contribution in [-0.2, 0) is 6.54 Å². The van der Waals surface area contributed by atoms with Crippen LogP contribution in [0.4, 0.5) is 4.39 Å². The Hall–Kier alpha value is -0.540. The Morgan fingerprint density at radius 3 is 2.62 bits per heavy atom. The lowest BCUT2D eigenvalue weighted by atomic mass is 10.2. The van der Waals surface area contributed by atoms with Gasteiger partial charge < -0.3 is 5.32 Å². The van der Waals surface area contributed by atoms with Crippen LogP contribution in [0.25, 0.3) is 0 Å². The number of hydrogen-bond donors (Lipinski definition) is 2. The fourth-order valence-corrected chi connectivity index (χ4v) is 1.35. The van der Waals surface area contributed by atoms with Crippen molar-refractivity contribution in [3.63, 3.8) is 0 Å². The van der Waals surface area contributed by atoms with Crippen LogP contribution in [0.2, 0.25) is 0 Å². The van der Waals surface area contributed by atoms with E-state index in [9.17, 15) is 4.39 Å². The summed E-state index contributed by atoms with van der Waals surface area (Å²) in [6.45, 7) is 4.80. The van der Waals surface area contributed by atoms with Crippen LogP contribution < -0.4 is 5.32 Å². The number of thiol groups is 1. The first-order valence-electron chi connectivity index (χ1n) is 4.30. The zero-order chi connectivity index (χ0) is 9.84. The second kappa shape index (κ2) is 4.63. The Morgan fingerprint density at radius 1 is 1.38 bits per heavy atom. The zero-order valence-corrected chi connectivity index (χ0v) is 8.74. The molecule has 0 radical (unpaired) electrons. The lowest BCUT2D eigenvalue weighted by Gasteiger charge is -2.08. The molecule has 13 heavy (non-hydrogen) atoms. The minimum absolute atomic E-state index is 0.229. The third-order valence-electron chi connectivity index (χ3n) is 1.66. The Balaban J connectivity index is 2.66. The molecule has 0 aliphatic rings. The molecule has 1 aromatic rings. The highest BCUT2D eigenvalue weighted by molar-refractivity contribution is 7.80. The average molecular weight is 199 g/mol. The number of rotatable bonds is 3.